The van der Waals surface area contributed by atoms with Crippen molar-refractivity contribution in [3.05, 3.63) is 59.4 Å². The summed E-state index contributed by atoms with van der Waals surface area (Å²) in [5, 5.41) is 0. The number of esters is 1. The monoisotopic (exact) mass is 279 g/mol. The summed E-state index contributed by atoms with van der Waals surface area (Å²) in [4.78, 5) is 15.2. The van der Waals surface area contributed by atoms with Crippen LogP contribution in [0.1, 0.15) is 16.1 Å². The number of hydrogen-bond donors (Lipinski definition) is 0. The molecule has 0 bridgehead atoms. The van der Waals surface area contributed by atoms with Gasteiger partial charge in [-0.15, -0.1) is 0 Å². The standard InChI is InChI=1S/C14H11F2NO3/c1-19-14(18)9-2-4-11(17-7-9)8-20-13-6-10(15)3-5-12(13)16/h2-7H,8H2,1H3. The molecule has 0 N–H and O–H groups in total. The van der Waals surface area contributed by atoms with E-state index in [2.05, 4.69) is 9.72 Å². The van der Waals surface area contributed by atoms with E-state index in [1.54, 1.807) is 6.07 Å². The number of halogens is 2. The summed E-state index contributed by atoms with van der Waals surface area (Å²) in [7, 11) is 1.27. The van der Waals surface area contributed by atoms with E-state index in [-0.39, 0.29) is 12.4 Å². The molecule has 0 radical (unpaired) electrons. The van der Waals surface area contributed by atoms with Gasteiger partial charge >= 0.3 is 5.97 Å². The summed E-state index contributed by atoms with van der Waals surface area (Å²) in [5.41, 5.74) is 0.773. The number of carbonyl (C=O) groups is 1. The van der Waals surface area contributed by atoms with Crippen LogP contribution in [0.5, 0.6) is 5.75 Å². The zero-order chi connectivity index (χ0) is 14.5. The number of benzene rings is 1. The summed E-state index contributed by atoms with van der Waals surface area (Å²) < 4.78 is 35.9. The van der Waals surface area contributed by atoms with Gasteiger partial charge in [-0.3, -0.25) is 4.98 Å². The molecule has 0 fully saturated rings. The Bertz CT molecular complexity index is 614. The lowest BCUT2D eigenvalue weighted by atomic mass is 10.2. The average molecular weight is 279 g/mol. The van der Waals surface area contributed by atoms with Gasteiger partial charge in [0.1, 0.15) is 12.4 Å². The molecule has 0 saturated heterocycles. The van der Waals surface area contributed by atoms with Crippen LogP contribution in [-0.2, 0) is 11.3 Å². The second-order valence-corrected chi connectivity index (χ2v) is 3.89. The third-order valence-corrected chi connectivity index (χ3v) is 2.51. The normalized spacial score (nSPS) is 10.2. The van der Waals surface area contributed by atoms with Crippen molar-refractivity contribution >= 4 is 5.97 Å². The molecule has 0 amide bonds. The Kier molecular flexibility index (Phi) is 4.24. The second-order valence-electron chi connectivity index (χ2n) is 3.89. The van der Waals surface area contributed by atoms with Crippen LogP contribution in [0.3, 0.4) is 0 Å². The van der Waals surface area contributed by atoms with Crippen LogP contribution < -0.4 is 4.74 Å². The lowest BCUT2D eigenvalue weighted by Crippen LogP contribution is -2.04. The predicted molar refractivity (Wildman–Crippen MR) is 66.3 cm³/mol. The van der Waals surface area contributed by atoms with E-state index >= 15 is 0 Å². The Balaban J connectivity index is 2.04. The molecule has 4 nitrogen and oxygen atoms in total. The minimum absolute atomic E-state index is 0.0399. The molecule has 1 aromatic heterocycles. The van der Waals surface area contributed by atoms with Crippen LogP contribution in [0.25, 0.3) is 0 Å². The quantitative estimate of drug-likeness (QED) is 0.807. The van der Waals surface area contributed by atoms with Gasteiger partial charge < -0.3 is 9.47 Å². The molecule has 0 saturated carbocycles. The van der Waals surface area contributed by atoms with Crippen molar-refractivity contribution in [1.82, 2.24) is 4.98 Å². The van der Waals surface area contributed by atoms with Gasteiger partial charge in [0.15, 0.2) is 11.6 Å². The zero-order valence-electron chi connectivity index (χ0n) is 10.6. The van der Waals surface area contributed by atoms with E-state index in [0.29, 0.717) is 11.3 Å². The number of methoxy groups -OCH3 is 1. The fourth-order valence-electron chi connectivity index (χ4n) is 1.49. The van der Waals surface area contributed by atoms with Gasteiger partial charge in [-0.1, -0.05) is 0 Å². The van der Waals surface area contributed by atoms with Crippen LogP contribution in [0.2, 0.25) is 0 Å². The fraction of sp³-hybridized carbons (Fsp3) is 0.143. The summed E-state index contributed by atoms with van der Waals surface area (Å²) in [6, 6.07) is 6.01. The maximum atomic E-state index is 13.3. The highest BCUT2D eigenvalue weighted by molar-refractivity contribution is 5.88. The third-order valence-electron chi connectivity index (χ3n) is 2.51. The molecule has 2 rings (SSSR count). The lowest BCUT2D eigenvalue weighted by Gasteiger charge is -2.07. The van der Waals surface area contributed by atoms with Crippen molar-refractivity contribution < 1.29 is 23.0 Å². The summed E-state index contributed by atoms with van der Waals surface area (Å²) in [6.07, 6.45) is 1.33. The van der Waals surface area contributed by atoms with E-state index < -0.39 is 17.6 Å². The molecule has 2 aromatic rings. The van der Waals surface area contributed by atoms with Crippen LogP contribution in [0.15, 0.2) is 36.5 Å². The molecule has 0 aliphatic carbocycles. The van der Waals surface area contributed by atoms with E-state index in [1.165, 1.54) is 19.4 Å². The topological polar surface area (TPSA) is 48.4 Å². The molecule has 0 unspecified atom stereocenters. The van der Waals surface area contributed by atoms with E-state index in [4.69, 9.17) is 4.74 Å². The van der Waals surface area contributed by atoms with Gasteiger partial charge in [0, 0.05) is 12.3 Å². The molecule has 6 heteroatoms. The number of hydrogen-bond acceptors (Lipinski definition) is 4. The molecule has 20 heavy (non-hydrogen) atoms. The van der Waals surface area contributed by atoms with Crippen LogP contribution in [0, 0.1) is 11.6 Å². The molecule has 1 aromatic carbocycles. The molecule has 0 aliphatic heterocycles. The Labute approximate surface area is 114 Å². The van der Waals surface area contributed by atoms with Crippen molar-refractivity contribution in [1.29, 1.82) is 0 Å². The minimum atomic E-state index is -0.655. The van der Waals surface area contributed by atoms with Crippen molar-refractivity contribution in [3.8, 4) is 5.75 Å². The number of aromatic nitrogens is 1. The van der Waals surface area contributed by atoms with E-state index in [9.17, 15) is 13.6 Å². The number of rotatable bonds is 4. The molecular weight excluding hydrogens is 268 g/mol. The Morgan fingerprint density at radius 1 is 1.25 bits per heavy atom. The van der Waals surface area contributed by atoms with Crippen molar-refractivity contribution in [2.24, 2.45) is 0 Å². The minimum Gasteiger partial charge on any atom is -0.484 e. The van der Waals surface area contributed by atoms with Crippen molar-refractivity contribution in [2.75, 3.05) is 7.11 Å². The zero-order valence-corrected chi connectivity index (χ0v) is 10.6. The highest BCUT2D eigenvalue weighted by Gasteiger charge is 2.08. The highest BCUT2D eigenvalue weighted by Crippen LogP contribution is 2.19. The van der Waals surface area contributed by atoms with Gasteiger partial charge in [0.2, 0.25) is 0 Å². The van der Waals surface area contributed by atoms with Gasteiger partial charge in [-0.2, -0.15) is 0 Å². The van der Waals surface area contributed by atoms with Crippen LogP contribution >= 0.6 is 0 Å². The summed E-state index contributed by atoms with van der Waals surface area (Å²) in [6.45, 7) is -0.0399. The van der Waals surface area contributed by atoms with Gasteiger partial charge in [-0.25, -0.2) is 13.6 Å². The first-order chi connectivity index (χ1) is 9.60. The van der Waals surface area contributed by atoms with Crippen LogP contribution in [0.4, 0.5) is 8.78 Å². The van der Waals surface area contributed by atoms with Gasteiger partial charge in [0.05, 0.1) is 18.4 Å². The second kappa shape index (κ2) is 6.10. The first-order valence-electron chi connectivity index (χ1n) is 5.71. The predicted octanol–water partition coefficient (Wildman–Crippen LogP) is 2.73. The highest BCUT2D eigenvalue weighted by atomic mass is 19.1. The largest absolute Gasteiger partial charge is 0.484 e. The van der Waals surface area contributed by atoms with Gasteiger partial charge in [0.25, 0.3) is 0 Å². The summed E-state index contributed by atoms with van der Waals surface area (Å²) >= 11 is 0. The Hall–Kier alpha value is -2.50. The number of carbonyl (C=O) groups excluding carboxylic acids is 1. The average Bonchev–Trinajstić information content (AvgIpc) is 2.48. The molecule has 0 spiro atoms. The number of nitrogens with zero attached hydrogens (tertiary/aromatic N) is 1. The lowest BCUT2D eigenvalue weighted by molar-refractivity contribution is 0.0600. The van der Waals surface area contributed by atoms with Crippen molar-refractivity contribution in [3.63, 3.8) is 0 Å². The first kappa shape index (κ1) is 13.9. The number of ether oxygens (including phenoxy) is 2. The first-order valence-corrected chi connectivity index (χ1v) is 5.71. The Morgan fingerprint density at radius 3 is 2.70 bits per heavy atom. The molecule has 1 heterocycles. The maximum Gasteiger partial charge on any atom is 0.339 e. The third kappa shape index (κ3) is 3.28. The van der Waals surface area contributed by atoms with Gasteiger partial charge in [-0.05, 0) is 24.3 Å². The maximum absolute atomic E-state index is 13.3. The van der Waals surface area contributed by atoms with Crippen LogP contribution in [-0.4, -0.2) is 18.1 Å². The molecular formula is C14H11F2NO3. The fourth-order valence-corrected chi connectivity index (χ4v) is 1.49. The molecule has 0 aliphatic rings. The van der Waals surface area contributed by atoms with Crippen molar-refractivity contribution in [2.45, 2.75) is 6.61 Å². The smallest absolute Gasteiger partial charge is 0.339 e. The number of pyridine rings is 1. The molecule has 0 atom stereocenters. The SMILES string of the molecule is COC(=O)c1ccc(COc2cc(F)ccc2F)nc1. The Morgan fingerprint density at radius 2 is 2.05 bits per heavy atom. The van der Waals surface area contributed by atoms with E-state index in [0.717, 1.165) is 18.2 Å². The molecule has 104 valence electrons. The summed E-state index contributed by atoms with van der Waals surface area (Å²) in [5.74, 6) is -1.93. The van der Waals surface area contributed by atoms with E-state index in [1.807, 2.05) is 0 Å².